The second kappa shape index (κ2) is 5.53. The summed E-state index contributed by atoms with van der Waals surface area (Å²) in [7, 11) is 0. The highest BCUT2D eigenvalue weighted by molar-refractivity contribution is 9.09. The lowest BCUT2D eigenvalue weighted by atomic mass is 10.3. The van der Waals surface area contributed by atoms with Gasteiger partial charge in [0, 0.05) is 17.5 Å². The third-order valence-electron chi connectivity index (χ3n) is 1.52. The Morgan fingerprint density at radius 2 is 1.93 bits per heavy atom. The van der Waals surface area contributed by atoms with Crippen LogP contribution in [0.15, 0.2) is 12.1 Å². The van der Waals surface area contributed by atoms with Gasteiger partial charge in [-0.15, -0.1) is 0 Å². The van der Waals surface area contributed by atoms with E-state index in [9.17, 15) is 10.1 Å². The number of nitro groups is 1. The Bertz CT molecular complexity index is 363. The van der Waals surface area contributed by atoms with Gasteiger partial charge in [-0.3, -0.25) is 10.1 Å². The van der Waals surface area contributed by atoms with E-state index in [0.29, 0.717) is 11.9 Å². The molecule has 4 nitrogen and oxygen atoms in total. The summed E-state index contributed by atoms with van der Waals surface area (Å²) in [6.45, 7) is 0.386. The molecule has 0 atom stereocenters. The first kappa shape index (κ1) is 12.5. The van der Waals surface area contributed by atoms with Gasteiger partial charge in [0.1, 0.15) is 0 Å². The summed E-state index contributed by atoms with van der Waals surface area (Å²) in [5, 5.41) is 11.4. The van der Waals surface area contributed by atoms with Gasteiger partial charge in [-0.25, -0.2) is 0 Å². The maximum Gasteiger partial charge on any atom is 0.272 e. The Balaban J connectivity index is 3.04. The molecule has 0 aliphatic carbocycles. The topological polar surface area (TPSA) is 52.4 Å². The SMILES string of the molecule is O=[N+]([O-])c1cc(Cl)c(OCCBr)c(Cl)c1. The van der Waals surface area contributed by atoms with Crippen LogP contribution in [0.5, 0.6) is 5.75 Å². The van der Waals surface area contributed by atoms with Crippen molar-refractivity contribution in [3.63, 3.8) is 0 Å². The molecule has 0 unspecified atom stereocenters. The van der Waals surface area contributed by atoms with Crippen molar-refractivity contribution in [3.8, 4) is 5.75 Å². The van der Waals surface area contributed by atoms with Gasteiger partial charge in [-0.2, -0.15) is 0 Å². The lowest BCUT2D eigenvalue weighted by Crippen LogP contribution is -1.99. The fraction of sp³-hybridized carbons (Fsp3) is 0.250. The van der Waals surface area contributed by atoms with Gasteiger partial charge in [0.15, 0.2) is 5.75 Å². The van der Waals surface area contributed by atoms with Crippen molar-refractivity contribution in [2.75, 3.05) is 11.9 Å². The van der Waals surface area contributed by atoms with Gasteiger partial charge in [-0.1, -0.05) is 39.1 Å². The number of benzene rings is 1. The number of hydrogen-bond donors (Lipinski definition) is 0. The minimum Gasteiger partial charge on any atom is -0.490 e. The minimum absolute atomic E-state index is 0.134. The van der Waals surface area contributed by atoms with Gasteiger partial charge in [0.25, 0.3) is 5.69 Å². The number of hydrogen-bond acceptors (Lipinski definition) is 3. The predicted octanol–water partition coefficient (Wildman–Crippen LogP) is 3.68. The summed E-state index contributed by atoms with van der Waals surface area (Å²) in [6.07, 6.45) is 0. The first-order chi connectivity index (χ1) is 7.06. The van der Waals surface area contributed by atoms with Crippen LogP contribution in [0.3, 0.4) is 0 Å². The molecule has 0 aliphatic rings. The third-order valence-corrected chi connectivity index (χ3v) is 2.40. The fourth-order valence-electron chi connectivity index (χ4n) is 0.930. The van der Waals surface area contributed by atoms with Crippen LogP contribution in [0.4, 0.5) is 5.69 Å². The van der Waals surface area contributed by atoms with Crippen LogP contribution in [0.1, 0.15) is 0 Å². The zero-order chi connectivity index (χ0) is 11.4. The van der Waals surface area contributed by atoms with Crippen LogP contribution >= 0.6 is 39.1 Å². The molecule has 1 aromatic rings. The van der Waals surface area contributed by atoms with E-state index in [1.165, 1.54) is 12.1 Å². The van der Waals surface area contributed by atoms with Gasteiger partial charge >= 0.3 is 0 Å². The third kappa shape index (κ3) is 3.22. The van der Waals surface area contributed by atoms with Gasteiger partial charge in [0.2, 0.25) is 0 Å². The van der Waals surface area contributed by atoms with Crippen molar-refractivity contribution in [1.29, 1.82) is 0 Å². The van der Waals surface area contributed by atoms with E-state index in [-0.39, 0.29) is 21.5 Å². The molecular weight excluding hydrogens is 309 g/mol. The van der Waals surface area contributed by atoms with Crippen molar-refractivity contribution in [2.24, 2.45) is 0 Å². The maximum absolute atomic E-state index is 10.5. The standard InChI is InChI=1S/C8H6BrCl2NO3/c9-1-2-15-8-6(10)3-5(12(13)14)4-7(8)11/h3-4H,1-2H2. The van der Waals surface area contributed by atoms with Crippen LogP contribution in [0.25, 0.3) is 0 Å². The summed E-state index contributed by atoms with van der Waals surface area (Å²) < 4.78 is 5.22. The quantitative estimate of drug-likeness (QED) is 0.484. The summed E-state index contributed by atoms with van der Waals surface area (Å²) >= 11 is 14.7. The average molecular weight is 315 g/mol. The number of rotatable bonds is 4. The number of ether oxygens (including phenoxy) is 1. The summed E-state index contributed by atoms with van der Waals surface area (Å²) in [5.41, 5.74) is -0.156. The van der Waals surface area contributed by atoms with Crippen LogP contribution in [0, 0.1) is 10.1 Å². The molecule has 0 heterocycles. The number of alkyl halides is 1. The van der Waals surface area contributed by atoms with E-state index in [2.05, 4.69) is 15.9 Å². The Morgan fingerprint density at radius 3 is 2.33 bits per heavy atom. The molecule has 82 valence electrons. The second-order valence-corrected chi connectivity index (χ2v) is 4.14. The summed E-state index contributed by atoms with van der Waals surface area (Å²) in [5.74, 6) is 0.267. The largest absolute Gasteiger partial charge is 0.490 e. The van der Waals surface area contributed by atoms with Crippen molar-refractivity contribution in [2.45, 2.75) is 0 Å². The van der Waals surface area contributed by atoms with Crippen LogP contribution in [0.2, 0.25) is 10.0 Å². The van der Waals surface area contributed by atoms with E-state index in [1.807, 2.05) is 0 Å². The molecule has 0 saturated heterocycles. The lowest BCUT2D eigenvalue weighted by molar-refractivity contribution is -0.384. The van der Waals surface area contributed by atoms with Crippen molar-refractivity contribution < 1.29 is 9.66 Å². The summed E-state index contributed by atoms with van der Waals surface area (Å²) in [6, 6.07) is 2.41. The zero-order valence-corrected chi connectivity index (χ0v) is 10.5. The zero-order valence-electron chi connectivity index (χ0n) is 7.37. The molecule has 0 aliphatic heterocycles. The molecule has 0 saturated carbocycles. The van der Waals surface area contributed by atoms with Gasteiger partial charge in [-0.05, 0) is 0 Å². The normalized spacial score (nSPS) is 10.1. The Morgan fingerprint density at radius 1 is 1.40 bits per heavy atom. The van der Waals surface area contributed by atoms with E-state index in [4.69, 9.17) is 27.9 Å². The number of nitro benzene ring substituents is 1. The highest BCUT2D eigenvalue weighted by atomic mass is 79.9. The van der Waals surface area contributed by atoms with Gasteiger partial charge in [0.05, 0.1) is 21.6 Å². The minimum atomic E-state index is -0.563. The molecule has 0 radical (unpaired) electrons. The van der Waals surface area contributed by atoms with E-state index < -0.39 is 4.92 Å². The molecular formula is C8H6BrCl2NO3. The van der Waals surface area contributed by atoms with Crippen LogP contribution in [-0.4, -0.2) is 16.9 Å². The fourth-order valence-corrected chi connectivity index (χ4v) is 1.68. The molecule has 1 aromatic carbocycles. The molecule has 0 bridgehead atoms. The number of nitrogens with zero attached hydrogens (tertiary/aromatic N) is 1. The first-order valence-corrected chi connectivity index (χ1v) is 5.76. The van der Waals surface area contributed by atoms with E-state index in [1.54, 1.807) is 0 Å². The lowest BCUT2D eigenvalue weighted by Gasteiger charge is -2.07. The average Bonchev–Trinajstić information content (AvgIpc) is 2.16. The van der Waals surface area contributed by atoms with Crippen molar-refractivity contribution in [1.82, 2.24) is 0 Å². The maximum atomic E-state index is 10.5. The Hall–Kier alpha value is -0.520. The molecule has 0 aromatic heterocycles. The Kier molecular flexibility index (Phi) is 4.63. The molecule has 0 fully saturated rings. The Labute approximate surface area is 104 Å². The van der Waals surface area contributed by atoms with Crippen molar-refractivity contribution in [3.05, 3.63) is 32.3 Å². The number of non-ortho nitro benzene ring substituents is 1. The molecule has 1 rings (SSSR count). The summed E-state index contributed by atoms with van der Waals surface area (Å²) in [4.78, 5) is 9.91. The smallest absolute Gasteiger partial charge is 0.272 e. The molecule has 7 heteroatoms. The van der Waals surface area contributed by atoms with Crippen molar-refractivity contribution >= 4 is 44.8 Å². The molecule has 15 heavy (non-hydrogen) atoms. The molecule has 0 spiro atoms. The molecule has 0 amide bonds. The predicted molar refractivity (Wildman–Crippen MR) is 62.4 cm³/mol. The van der Waals surface area contributed by atoms with E-state index >= 15 is 0 Å². The first-order valence-electron chi connectivity index (χ1n) is 3.88. The molecule has 0 N–H and O–H groups in total. The van der Waals surface area contributed by atoms with E-state index in [0.717, 1.165) is 0 Å². The van der Waals surface area contributed by atoms with Gasteiger partial charge < -0.3 is 4.74 Å². The van der Waals surface area contributed by atoms with Crippen LogP contribution in [-0.2, 0) is 0 Å². The second-order valence-electron chi connectivity index (χ2n) is 2.53. The van der Waals surface area contributed by atoms with Crippen LogP contribution < -0.4 is 4.74 Å². The highest BCUT2D eigenvalue weighted by Crippen LogP contribution is 2.36. The monoisotopic (exact) mass is 313 g/mol. The number of halogens is 3. The highest BCUT2D eigenvalue weighted by Gasteiger charge is 2.15.